The first-order chi connectivity index (χ1) is 11.5. The Kier molecular flexibility index (Phi) is 6.20. The molecule has 7 heteroatoms. The van der Waals surface area contributed by atoms with Crippen molar-refractivity contribution >= 4 is 39.6 Å². The van der Waals surface area contributed by atoms with E-state index in [9.17, 15) is 18.4 Å². The standard InChI is InChI=1S/C17H12BrF2NO3/c18-12-4-1-3-11(9-12)7-8-16(23)24-10-15(22)21-17-13(19)5-2-6-14(17)20/h1-9H,10H2,(H,21,22)/b8-7+. The molecule has 0 saturated heterocycles. The zero-order valence-electron chi connectivity index (χ0n) is 12.3. The van der Waals surface area contributed by atoms with Gasteiger partial charge in [0.2, 0.25) is 0 Å². The van der Waals surface area contributed by atoms with E-state index in [2.05, 4.69) is 15.9 Å². The molecular weight excluding hydrogens is 384 g/mol. The number of amides is 1. The Labute approximate surface area is 145 Å². The minimum atomic E-state index is -0.913. The van der Waals surface area contributed by atoms with Crippen LogP contribution in [0.3, 0.4) is 0 Å². The van der Waals surface area contributed by atoms with E-state index in [1.165, 1.54) is 12.1 Å². The summed E-state index contributed by atoms with van der Waals surface area (Å²) in [5.41, 5.74) is 0.183. The Morgan fingerprint density at radius 1 is 1.12 bits per heavy atom. The van der Waals surface area contributed by atoms with Gasteiger partial charge >= 0.3 is 5.97 Å². The molecule has 24 heavy (non-hydrogen) atoms. The Balaban J connectivity index is 1.86. The van der Waals surface area contributed by atoms with E-state index >= 15 is 0 Å². The quantitative estimate of drug-likeness (QED) is 0.616. The van der Waals surface area contributed by atoms with Gasteiger partial charge in [-0.3, -0.25) is 4.79 Å². The molecule has 0 radical (unpaired) electrons. The number of carbonyl (C=O) groups excluding carboxylic acids is 2. The van der Waals surface area contributed by atoms with Gasteiger partial charge in [-0.15, -0.1) is 0 Å². The molecule has 2 aromatic carbocycles. The van der Waals surface area contributed by atoms with Gasteiger partial charge in [-0.05, 0) is 35.9 Å². The molecule has 124 valence electrons. The van der Waals surface area contributed by atoms with E-state index in [4.69, 9.17) is 4.74 Å². The molecule has 0 aliphatic carbocycles. The van der Waals surface area contributed by atoms with Crippen LogP contribution in [0.25, 0.3) is 6.08 Å². The highest BCUT2D eigenvalue weighted by molar-refractivity contribution is 9.10. The lowest BCUT2D eigenvalue weighted by Crippen LogP contribution is -2.21. The predicted octanol–water partition coefficient (Wildman–Crippen LogP) is 3.92. The monoisotopic (exact) mass is 395 g/mol. The Bertz CT molecular complexity index is 773. The first-order valence-electron chi connectivity index (χ1n) is 6.80. The smallest absolute Gasteiger partial charge is 0.331 e. The second kappa shape index (κ2) is 8.35. The summed E-state index contributed by atoms with van der Waals surface area (Å²) in [5.74, 6) is -3.42. The van der Waals surface area contributed by atoms with Crippen LogP contribution in [0, 0.1) is 11.6 Å². The molecule has 0 saturated carbocycles. The van der Waals surface area contributed by atoms with E-state index in [1.54, 1.807) is 18.2 Å². The zero-order chi connectivity index (χ0) is 17.5. The van der Waals surface area contributed by atoms with E-state index < -0.39 is 35.8 Å². The maximum Gasteiger partial charge on any atom is 0.331 e. The molecule has 0 aliphatic rings. The van der Waals surface area contributed by atoms with Gasteiger partial charge in [-0.25, -0.2) is 13.6 Å². The number of carbonyl (C=O) groups is 2. The molecule has 0 fully saturated rings. The van der Waals surface area contributed by atoms with Crippen molar-refractivity contribution in [1.29, 1.82) is 0 Å². The number of nitrogens with one attached hydrogen (secondary N) is 1. The lowest BCUT2D eigenvalue weighted by atomic mass is 10.2. The van der Waals surface area contributed by atoms with Crippen molar-refractivity contribution in [1.82, 2.24) is 0 Å². The molecule has 0 bridgehead atoms. The molecule has 1 N–H and O–H groups in total. The number of rotatable bonds is 5. The van der Waals surface area contributed by atoms with Crippen LogP contribution in [-0.4, -0.2) is 18.5 Å². The Morgan fingerprint density at radius 2 is 1.79 bits per heavy atom. The van der Waals surface area contributed by atoms with E-state index in [0.29, 0.717) is 0 Å². The van der Waals surface area contributed by atoms with Gasteiger partial charge in [-0.1, -0.05) is 34.1 Å². The van der Waals surface area contributed by atoms with Crippen LogP contribution in [0.5, 0.6) is 0 Å². The van der Waals surface area contributed by atoms with Gasteiger partial charge in [0, 0.05) is 10.5 Å². The van der Waals surface area contributed by atoms with Crippen LogP contribution in [0.1, 0.15) is 5.56 Å². The van der Waals surface area contributed by atoms with Gasteiger partial charge < -0.3 is 10.1 Å². The highest BCUT2D eigenvalue weighted by atomic mass is 79.9. The number of hydrogen-bond donors (Lipinski definition) is 1. The Hall–Kier alpha value is -2.54. The first-order valence-corrected chi connectivity index (χ1v) is 7.59. The Morgan fingerprint density at radius 3 is 2.46 bits per heavy atom. The van der Waals surface area contributed by atoms with Crippen molar-refractivity contribution < 1.29 is 23.1 Å². The van der Waals surface area contributed by atoms with Crippen molar-refractivity contribution in [2.24, 2.45) is 0 Å². The maximum atomic E-state index is 13.4. The van der Waals surface area contributed by atoms with E-state index in [-0.39, 0.29) is 0 Å². The minimum absolute atomic E-state index is 0.580. The van der Waals surface area contributed by atoms with Crippen molar-refractivity contribution in [3.05, 3.63) is 70.2 Å². The van der Waals surface area contributed by atoms with Crippen molar-refractivity contribution in [3.63, 3.8) is 0 Å². The fourth-order valence-corrected chi connectivity index (χ4v) is 2.17. The highest BCUT2D eigenvalue weighted by Crippen LogP contribution is 2.17. The number of anilines is 1. The molecule has 2 aromatic rings. The third kappa shape index (κ3) is 5.27. The SMILES string of the molecule is O=C(COC(=O)/C=C/c1cccc(Br)c1)Nc1c(F)cccc1F. The lowest BCUT2D eigenvalue weighted by Gasteiger charge is -2.07. The lowest BCUT2D eigenvalue weighted by molar-refractivity contribution is -0.142. The van der Waals surface area contributed by atoms with Gasteiger partial charge in [-0.2, -0.15) is 0 Å². The number of esters is 1. The highest BCUT2D eigenvalue weighted by Gasteiger charge is 2.12. The summed E-state index contributed by atoms with van der Waals surface area (Å²) in [6, 6.07) is 10.4. The molecule has 1 amide bonds. The first kappa shape index (κ1) is 17.8. The van der Waals surface area contributed by atoms with Crippen LogP contribution in [0.15, 0.2) is 53.0 Å². The third-order valence-corrected chi connectivity index (χ3v) is 3.33. The molecule has 0 atom stereocenters. The second-order valence-electron chi connectivity index (χ2n) is 4.64. The summed E-state index contributed by atoms with van der Waals surface area (Å²) in [4.78, 5) is 23.1. The molecule has 0 spiro atoms. The van der Waals surface area contributed by atoms with Crippen LogP contribution in [0.2, 0.25) is 0 Å². The van der Waals surface area contributed by atoms with Gasteiger partial charge in [0.15, 0.2) is 6.61 Å². The van der Waals surface area contributed by atoms with Gasteiger partial charge in [0.1, 0.15) is 17.3 Å². The predicted molar refractivity (Wildman–Crippen MR) is 89.1 cm³/mol. The van der Waals surface area contributed by atoms with Crippen molar-refractivity contribution in [3.8, 4) is 0 Å². The summed E-state index contributed by atoms with van der Waals surface area (Å²) in [5, 5.41) is 2.02. The maximum absolute atomic E-state index is 13.4. The van der Waals surface area contributed by atoms with Crippen LogP contribution >= 0.6 is 15.9 Å². The fourth-order valence-electron chi connectivity index (χ4n) is 1.75. The summed E-state index contributed by atoms with van der Waals surface area (Å²) in [7, 11) is 0. The number of hydrogen-bond acceptors (Lipinski definition) is 3. The molecular formula is C17H12BrF2NO3. The largest absolute Gasteiger partial charge is 0.452 e. The van der Waals surface area contributed by atoms with E-state index in [0.717, 1.165) is 28.2 Å². The fraction of sp³-hybridized carbons (Fsp3) is 0.0588. The normalized spacial score (nSPS) is 10.6. The van der Waals surface area contributed by atoms with Crippen LogP contribution in [-0.2, 0) is 14.3 Å². The zero-order valence-corrected chi connectivity index (χ0v) is 13.8. The number of ether oxygens (including phenoxy) is 1. The number of para-hydroxylation sites is 1. The summed E-state index contributed by atoms with van der Waals surface area (Å²) in [6.07, 6.45) is 2.67. The molecule has 0 aliphatic heterocycles. The molecule has 2 rings (SSSR count). The second-order valence-corrected chi connectivity index (χ2v) is 5.56. The van der Waals surface area contributed by atoms with Gasteiger partial charge in [0.25, 0.3) is 5.91 Å². The van der Waals surface area contributed by atoms with E-state index in [1.807, 2.05) is 11.4 Å². The number of benzene rings is 2. The molecule has 0 aromatic heterocycles. The van der Waals surface area contributed by atoms with Crippen LogP contribution < -0.4 is 5.32 Å². The van der Waals surface area contributed by atoms with Crippen molar-refractivity contribution in [2.45, 2.75) is 0 Å². The average Bonchev–Trinajstić information content (AvgIpc) is 2.54. The molecule has 0 heterocycles. The summed E-state index contributed by atoms with van der Waals surface area (Å²) < 4.78 is 32.3. The summed E-state index contributed by atoms with van der Waals surface area (Å²) in [6.45, 7) is -0.657. The third-order valence-electron chi connectivity index (χ3n) is 2.83. The molecule has 0 unspecified atom stereocenters. The van der Waals surface area contributed by atoms with Gasteiger partial charge in [0.05, 0.1) is 0 Å². The number of halogens is 3. The topological polar surface area (TPSA) is 55.4 Å². The van der Waals surface area contributed by atoms with Crippen molar-refractivity contribution in [2.75, 3.05) is 11.9 Å². The molecule has 4 nitrogen and oxygen atoms in total. The van der Waals surface area contributed by atoms with Crippen LogP contribution in [0.4, 0.5) is 14.5 Å². The minimum Gasteiger partial charge on any atom is -0.452 e. The summed E-state index contributed by atoms with van der Waals surface area (Å²) >= 11 is 3.30. The average molecular weight is 396 g/mol.